The molecule has 0 saturated carbocycles. The Labute approximate surface area is 179 Å². The number of carbonyl (C=O) groups excluding carboxylic acids is 1. The van der Waals surface area contributed by atoms with Crippen LogP contribution in [0.5, 0.6) is 0 Å². The number of hydrogen-bond acceptors (Lipinski definition) is 5. The molecule has 0 aliphatic rings. The van der Waals surface area contributed by atoms with Gasteiger partial charge < -0.3 is 5.32 Å². The second-order valence-electron chi connectivity index (χ2n) is 7.39. The zero-order valence-electron chi connectivity index (χ0n) is 17.8. The van der Waals surface area contributed by atoms with Gasteiger partial charge in [0.05, 0.1) is 22.9 Å². The number of anilines is 1. The Morgan fingerprint density at radius 2 is 1.63 bits per heavy atom. The largest absolute Gasteiger partial charge is 0.348 e. The summed E-state index contributed by atoms with van der Waals surface area (Å²) < 4.78 is 49.4. The van der Waals surface area contributed by atoms with Crippen LogP contribution >= 0.6 is 0 Å². The number of amides is 1. The lowest BCUT2D eigenvalue weighted by atomic mass is 10.1. The highest BCUT2D eigenvalue weighted by Crippen LogP contribution is 2.24. The molecule has 2 aromatic rings. The Bertz CT molecular complexity index is 1110. The minimum absolute atomic E-state index is 0.193. The van der Waals surface area contributed by atoms with Crippen molar-refractivity contribution in [3.8, 4) is 0 Å². The molecule has 1 N–H and O–H groups in total. The molecular formula is C21H28N2O5S2. The SMILES string of the molecule is CCC(C(=O)NC(C)c1ccc(S(C)(=O)=O)cc1)N(c1cccc(C)c1)S(C)(=O)=O. The first-order valence-electron chi connectivity index (χ1n) is 9.51. The fourth-order valence-corrected chi connectivity index (χ4v) is 5.06. The molecule has 0 saturated heterocycles. The van der Waals surface area contributed by atoms with Gasteiger partial charge in [0.2, 0.25) is 15.9 Å². The van der Waals surface area contributed by atoms with Gasteiger partial charge in [-0.3, -0.25) is 9.10 Å². The third-order valence-corrected chi connectivity index (χ3v) is 7.06. The second-order valence-corrected chi connectivity index (χ2v) is 11.3. The van der Waals surface area contributed by atoms with Crippen molar-refractivity contribution >= 4 is 31.5 Å². The van der Waals surface area contributed by atoms with Crippen LogP contribution in [0.25, 0.3) is 0 Å². The number of benzene rings is 2. The van der Waals surface area contributed by atoms with Crippen molar-refractivity contribution in [3.63, 3.8) is 0 Å². The number of nitrogens with zero attached hydrogens (tertiary/aromatic N) is 1. The third kappa shape index (κ3) is 5.82. The van der Waals surface area contributed by atoms with Crippen molar-refractivity contribution < 1.29 is 21.6 Å². The van der Waals surface area contributed by atoms with E-state index in [-0.39, 0.29) is 11.3 Å². The minimum atomic E-state index is -3.71. The van der Waals surface area contributed by atoms with Gasteiger partial charge in [0, 0.05) is 6.26 Å². The van der Waals surface area contributed by atoms with Crippen LogP contribution < -0.4 is 9.62 Å². The lowest BCUT2D eigenvalue weighted by molar-refractivity contribution is -0.122. The highest BCUT2D eigenvalue weighted by Gasteiger charge is 2.32. The Kier molecular flexibility index (Phi) is 7.31. The number of carbonyl (C=O) groups is 1. The summed E-state index contributed by atoms with van der Waals surface area (Å²) in [7, 11) is -7.02. The molecule has 9 heteroatoms. The number of sulfone groups is 1. The van der Waals surface area contributed by atoms with E-state index in [4.69, 9.17) is 0 Å². The summed E-state index contributed by atoms with van der Waals surface area (Å²) in [6, 6.07) is 11.9. The highest BCUT2D eigenvalue weighted by atomic mass is 32.2. The second kappa shape index (κ2) is 9.18. The number of rotatable bonds is 8. The van der Waals surface area contributed by atoms with Crippen molar-refractivity contribution in [1.29, 1.82) is 0 Å². The van der Waals surface area contributed by atoms with Crippen LogP contribution in [-0.2, 0) is 24.7 Å². The molecule has 2 unspecified atom stereocenters. The average Bonchev–Trinajstić information content (AvgIpc) is 2.64. The van der Waals surface area contributed by atoms with E-state index in [1.165, 1.54) is 12.1 Å². The summed E-state index contributed by atoms with van der Waals surface area (Å²) in [4.78, 5) is 13.2. The molecule has 0 aromatic heterocycles. The lowest BCUT2D eigenvalue weighted by Crippen LogP contribution is -2.49. The maximum atomic E-state index is 13.0. The van der Waals surface area contributed by atoms with Crippen molar-refractivity contribution in [2.45, 2.75) is 44.2 Å². The van der Waals surface area contributed by atoms with E-state index in [1.54, 1.807) is 44.2 Å². The van der Waals surface area contributed by atoms with Gasteiger partial charge in [-0.05, 0) is 55.7 Å². The molecular weight excluding hydrogens is 424 g/mol. The third-order valence-electron chi connectivity index (χ3n) is 4.75. The van der Waals surface area contributed by atoms with Gasteiger partial charge >= 0.3 is 0 Å². The smallest absolute Gasteiger partial charge is 0.244 e. The highest BCUT2D eigenvalue weighted by molar-refractivity contribution is 7.92. The van der Waals surface area contributed by atoms with Crippen LogP contribution in [0.1, 0.15) is 37.4 Å². The molecule has 0 heterocycles. The van der Waals surface area contributed by atoms with Gasteiger partial charge in [-0.1, -0.05) is 31.2 Å². The summed E-state index contributed by atoms with van der Waals surface area (Å²) in [5.41, 5.74) is 2.03. The molecule has 0 bridgehead atoms. The number of sulfonamides is 1. The first-order valence-corrected chi connectivity index (χ1v) is 13.2. The predicted molar refractivity (Wildman–Crippen MR) is 119 cm³/mol. The lowest BCUT2D eigenvalue weighted by Gasteiger charge is -2.31. The Balaban J connectivity index is 2.29. The van der Waals surface area contributed by atoms with Crippen molar-refractivity contribution in [2.24, 2.45) is 0 Å². The first-order chi connectivity index (χ1) is 13.8. The van der Waals surface area contributed by atoms with Crippen LogP contribution in [0, 0.1) is 6.92 Å². The number of nitrogens with one attached hydrogen (secondary N) is 1. The summed E-state index contributed by atoms with van der Waals surface area (Å²) in [6.45, 7) is 5.37. The summed E-state index contributed by atoms with van der Waals surface area (Å²) in [5, 5.41) is 2.85. The first kappa shape index (κ1) is 23.9. The monoisotopic (exact) mass is 452 g/mol. The maximum Gasteiger partial charge on any atom is 0.244 e. The Morgan fingerprint density at radius 3 is 2.10 bits per heavy atom. The van der Waals surface area contributed by atoms with E-state index < -0.39 is 37.9 Å². The van der Waals surface area contributed by atoms with Crippen molar-refractivity contribution in [3.05, 3.63) is 59.7 Å². The van der Waals surface area contributed by atoms with Crippen LogP contribution in [0.15, 0.2) is 53.4 Å². The molecule has 0 fully saturated rings. The number of hydrogen-bond donors (Lipinski definition) is 1. The quantitative estimate of drug-likeness (QED) is 0.664. The van der Waals surface area contributed by atoms with Crippen molar-refractivity contribution in [2.75, 3.05) is 16.8 Å². The molecule has 0 aliphatic heterocycles. The topological polar surface area (TPSA) is 101 Å². The zero-order valence-corrected chi connectivity index (χ0v) is 19.4. The fourth-order valence-electron chi connectivity index (χ4n) is 3.22. The summed E-state index contributed by atoms with van der Waals surface area (Å²) in [6.07, 6.45) is 2.50. The molecule has 164 valence electrons. The molecule has 0 aliphatic carbocycles. The molecule has 0 spiro atoms. The molecule has 7 nitrogen and oxygen atoms in total. The normalized spacial score (nSPS) is 14.0. The van der Waals surface area contributed by atoms with Gasteiger partial charge in [0.25, 0.3) is 0 Å². The van der Waals surface area contributed by atoms with E-state index in [0.717, 1.165) is 22.4 Å². The average molecular weight is 453 g/mol. The summed E-state index contributed by atoms with van der Waals surface area (Å²) in [5.74, 6) is -0.427. The van der Waals surface area contributed by atoms with E-state index in [9.17, 15) is 21.6 Å². The Morgan fingerprint density at radius 1 is 1.03 bits per heavy atom. The van der Waals surface area contributed by atoms with E-state index in [0.29, 0.717) is 11.3 Å². The van der Waals surface area contributed by atoms with Gasteiger partial charge in [-0.2, -0.15) is 0 Å². The Hall–Kier alpha value is -2.39. The molecule has 2 aromatic carbocycles. The van der Waals surface area contributed by atoms with Crippen LogP contribution in [-0.4, -0.2) is 41.3 Å². The minimum Gasteiger partial charge on any atom is -0.348 e. The molecule has 1 amide bonds. The molecule has 2 rings (SSSR count). The van der Waals surface area contributed by atoms with Gasteiger partial charge in [-0.25, -0.2) is 16.8 Å². The number of aryl methyl sites for hydroxylation is 1. The predicted octanol–water partition coefficient (Wildman–Crippen LogP) is 2.82. The van der Waals surface area contributed by atoms with E-state index in [1.807, 2.05) is 13.0 Å². The van der Waals surface area contributed by atoms with E-state index in [2.05, 4.69) is 5.32 Å². The van der Waals surface area contributed by atoms with Crippen molar-refractivity contribution in [1.82, 2.24) is 5.32 Å². The van der Waals surface area contributed by atoms with Crippen LogP contribution in [0.4, 0.5) is 5.69 Å². The molecule has 0 radical (unpaired) electrons. The van der Waals surface area contributed by atoms with Gasteiger partial charge in [0.15, 0.2) is 9.84 Å². The standard InChI is InChI=1S/C21H28N2O5S2/c1-6-20(23(30(5,27)28)18-9-7-8-15(2)14-18)21(24)22-16(3)17-10-12-19(13-11-17)29(4,25)26/h7-14,16,20H,6H2,1-5H3,(H,22,24). The fraction of sp³-hybridized carbons (Fsp3) is 0.381. The zero-order chi connectivity index (χ0) is 22.7. The van der Waals surface area contributed by atoms with Gasteiger partial charge in [-0.15, -0.1) is 0 Å². The maximum absolute atomic E-state index is 13.0. The molecule has 2 atom stereocenters. The van der Waals surface area contributed by atoms with Crippen LogP contribution in [0.3, 0.4) is 0 Å². The van der Waals surface area contributed by atoms with Crippen LogP contribution in [0.2, 0.25) is 0 Å². The van der Waals surface area contributed by atoms with Gasteiger partial charge in [0.1, 0.15) is 6.04 Å². The molecule has 30 heavy (non-hydrogen) atoms. The summed E-state index contributed by atoms with van der Waals surface area (Å²) >= 11 is 0. The van der Waals surface area contributed by atoms with E-state index >= 15 is 0 Å².